The van der Waals surface area contributed by atoms with Crippen LogP contribution in [-0.4, -0.2) is 4.98 Å². The van der Waals surface area contributed by atoms with E-state index in [9.17, 15) is 5.26 Å². The Balaban J connectivity index is 1.50. The predicted molar refractivity (Wildman–Crippen MR) is 134 cm³/mol. The maximum atomic E-state index is 9.75. The fourth-order valence-corrected chi connectivity index (χ4v) is 4.55. The van der Waals surface area contributed by atoms with Gasteiger partial charge in [0.15, 0.2) is 0 Å². The molecule has 1 heterocycles. The number of fused-ring (bicyclic) bond motifs is 1. The van der Waals surface area contributed by atoms with Crippen LogP contribution in [0.2, 0.25) is 0 Å². The minimum atomic E-state index is 0.571. The standard InChI is InChI=1S/C28H19N3S/c29-20-22(28-30-26-13-7-8-14-27(26)32-28)19-21-15-17-25(18-16-21)31(23-9-3-1-4-10-23)24-11-5-2-6-12-24/h1-19H/b22-19-. The zero-order chi connectivity index (χ0) is 21.8. The molecule has 0 aliphatic heterocycles. The van der Waals surface area contributed by atoms with Gasteiger partial charge >= 0.3 is 0 Å². The van der Waals surface area contributed by atoms with Crippen molar-refractivity contribution in [1.29, 1.82) is 5.26 Å². The van der Waals surface area contributed by atoms with Crippen LogP contribution in [-0.2, 0) is 0 Å². The Labute approximate surface area is 191 Å². The molecule has 0 unspecified atom stereocenters. The molecule has 5 aromatic rings. The lowest BCUT2D eigenvalue weighted by Gasteiger charge is -2.25. The van der Waals surface area contributed by atoms with E-state index in [1.807, 2.05) is 78.9 Å². The van der Waals surface area contributed by atoms with E-state index in [4.69, 9.17) is 0 Å². The van der Waals surface area contributed by atoms with Gasteiger partial charge in [-0.3, -0.25) is 0 Å². The number of nitriles is 1. The predicted octanol–water partition coefficient (Wildman–Crippen LogP) is 7.83. The fourth-order valence-electron chi connectivity index (χ4n) is 3.62. The molecular weight excluding hydrogens is 410 g/mol. The molecule has 0 atom stereocenters. The minimum absolute atomic E-state index is 0.571. The second-order valence-corrected chi connectivity index (χ2v) is 8.29. The van der Waals surface area contributed by atoms with Gasteiger partial charge in [-0.15, -0.1) is 11.3 Å². The van der Waals surface area contributed by atoms with Crippen LogP contribution >= 0.6 is 11.3 Å². The van der Waals surface area contributed by atoms with E-state index < -0.39 is 0 Å². The van der Waals surface area contributed by atoms with Crippen molar-refractivity contribution in [2.45, 2.75) is 0 Å². The molecule has 0 bridgehead atoms. The lowest BCUT2D eigenvalue weighted by atomic mass is 10.1. The molecule has 0 radical (unpaired) electrons. The van der Waals surface area contributed by atoms with E-state index in [0.29, 0.717) is 5.57 Å². The van der Waals surface area contributed by atoms with Gasteiger partial charge in [-0.2, -0.15) is 5.26 Å². The van der Waals surface area contributed by atoms with E-state index in [1.54, 1.807) is 11.3 Å². The van der Waals surface area contributed by atoms with Crippen LogP contribution in [0.1, 0.15) is 10.6 Å². The molecule has 0 aliphatic rings. The molecule has 4 aromatic carbocycles. The summed E-state index contributed by atoms with van der Waals surface area (Å²) in [6, 6.07) is 39.1. The molecule has 0 saturated carbocycles. The highest BCUT2D eigenvalue weighted by molar-refractivity contribution is 7.19. The Hall–Kier alpha value is -4.20. The second kappa shape index (κ2) is 8.89. The molecule has 3 nitrogen and oxygen atoms in total. The first-order chi connectivity index (χ1) is 15.8. The molecule has 5 rings (SSSR count). The highest BCUT2D eigenvalue weighted by Gasteiger charge is 2.12. The van der Waals surface area contributed by atoms with Gasteiger partial charge < -0.3 is 4.90 Å². The summed E-state index contributed by atoms with van der Waals surface area (Å²) in [6.07, 6.45) is 1.90. The van der Waals surface area contributed by atoms with Crippen molar-refractivity contribution in [3.8, 4) is 6.07 Å². The summed E-state index contributed by atoms with van der Waals surface area (Å²) in [5.74, 6) is 0. The molecule has 0 spiro atoms. The number of para-hydroxylation sites is 3. The van der Waals surface area contributed by atoms with Crippen molar-refractivity contribution in [2.75, 3.05) is 4.90 Å². The van der Waals surface area contributed by atoms with Crippen LogP contribution < -0.4 is 4.90 Å². The minimum Gasteiger partial charge on any atom is -0.311 e. The molecule has 152 valence electrons. The van der Waals surface area contributed by atoms with Crippen molar-refractivity contribution in [3.05, 3.63) is 120 Å². The number of benzene rings is 4. The lowest BCUT2D eigenvalue weighted by Crippen LogP contribution is -2.09. The highest BCUT2D eigenvalue weighted by Crippen LogP contribution is 2.34. The Morgan fingerprint density at radius 3 is 1.88 bits per heavy atom. The topological polar surface area (TPSA) is 39.9 Å². The maximum Gasteiger partial charge on any atom is 0.135 e. The average Bonchev–Trinajstić information content (AvgIpc) is 3.29. The number of allylic oxidation sites excluding steroid dienone is 1. The maximum absolute atomic E-state index is 9.75. The molecule has 1 aromatic heterocycles. The van der Waals surface area contributed by atoms with Crippen molar-refractivity contribution < 1.29 is 0 Å². The Morgan fingerprint density at radius 2 is 1.28 bits per heavy atom. The van der Waals surface area contributed by atoms with E-state index >= 15 is 0 Å². The SMILES string of the molecule is N#C/C(=C/c1ccc(N(c2ccccc2)c2ccccc2)cc1)c1nc2ccccc2s1. The van der Waals surface area contributed by atoms with Gasteiger partial charge in [0.25, 0.3) is 0 Å². The first kappa shape index (κ1) is 19.7. The third-order valence-corrected chi connectivity index (χ3v) is 6.21. The van der Waals surface area contributed by atoms with E-state index in [0.717, 1.165) is 37.8 Å². The summed E-state index contributed by atoms with van der Waals surface area (Å²) < 4.78 is 1.08. The van der Waals surface area contributed by atoms with Crippen LogP contribution in [0.4, 0.5) is 17.1 Å². The smallest absolute Gasteiger partial charge is 0.135 e. The van der Waals surface area contributed by atoms with Crippen molar-refractivity contribution in [2.24, 2.45) is 0 Å². The third-order valence-electron chi connectivity index (χ3n) is 5.14. The summed E-state index contributed by atoms with van der Waals surface area (Å²) in [6.45, 7) is 0. The Morgan fingerprint density at radius 1 is 0.719 bits per heavy atom. The van der Waals surface area contributed by atoms with E-state index in [1.165, 1.54) is 0 Å². The number of aromatic nitrogens is 1. The normalized spacial score (nSPS) is 11.3. The van der Waals surface area contributed by atoms with E-state index in [2.05, 4.69) is 52.4 Å². The molecule has 0 N–H and O–H groups in total. The summed E-state index contributed by atoms with van der Waals surface area (Å²) in [7, 11) is 0. The van der Waals surface area contributed by atoms with Gasteiger partial charge in [-0.05, 0) is 60.2 Å². The van der Waals surface area contributed by atoms with Gasteiger partial charge in [0, 0.05) is 17.1 Å². The molecule has 0 fully saturated rings. The van der Waals surface area contributed by atoms with Crippen LogP contribution in [0, 0.1) is 11.3 Å². The summed E-state index contributed by atoms with van der Waals surface area (Å²) in [5, 5.41) is 10.5. The van der Waals surface area contributed by atoms with Crippen LogP contribution in [0.25, 0.3) is 21.9 Å². The summed E-state index contributed by atoms with van der Waals surface area (Å²) in [5.41, 5.74) is 5.69. The van der Waals surface area contributed by atoms with Crippen molar-refractivity contribution in [1.82, 2.24) is 4.98 Å². The quantitative estimate of drug-likeness (QED) is 0.267. The number of hydrogen-bond donors (Lipinski definition) is 0. The van der Waals surface area contributed by atoms with Crippen molar-refractivity contribution >= 4 is 50.3 Å². The lowest BCUT2D eigenvalue weighted by molar-refractivity contribution is 1.28. The number of rotatable bonds is 5. The number of anilines is 3. The molecular formula is C28H19N3S. The molecule has 0 amide bonds. The summed E-state index contributed by atoms with van der Waals surface area (Å²) >= 11 is 1.54. The van der Waals surface area contributed by atoms with Crippen LogP contribution in [0.5, 0.6) is 0 Å². The first-order valence-corrected chi connectivity index (χ1v) is 11.1. The van der Waals surface area contributed by atoms with Gasteiger partial charge in [0.1, 0.15) is 11.1 Å². The fraction of sp³-hybridized carbons (Fsp3) is 0. The first-order valence-electron chi connectivity index (χ1n) is 10.3. The van der Waals surface area contributed by atoms with Crippen molar-refractivity contribution in [3.63, 3.8) is 0 Å². The largest absolute Gasteiger partial charge is 0.311 e. The van der Waals surface area contributed by atoms with Crippen LogP contribution in [0.15, 0.2) is 109 Å². The van der Waals surface area contributed by atoms with E-state index in [-0.39, 0.29) is 0 Å². The third kappa shape index (κ3) is 4.02. The van der Waals surface area contributed by atoms with Gasteiger partial charge in [-0.25, -0.2) is 4.98 Å². The number of nitrogens with zero attached hydrogens (tertiary/aromatic N) is 3. The van der Waals surface area contributed by atoms with Gasteiger partial charge in [-0.1, -0.05) is 60.7 Å². The summed E-state index contributed by atoms with van der Waals surface area (Å²) in [4.78, 5) is 6.84. The number of hydrogen-bond acceptors (Lipinski definition) is 4. The molecule has 0 aliphatic carbocycles. The number of thiazole rings is 1. The highest BCUT2D eigenvalue weighted by atomic mass is 32.1. The monoisotopic (exact) mass is 429 g/mol. The molecule has 4 heteroatoms. The zero-order valence-electron chi connectivity index (χ0n) is 17.2. The average molecular weight is 430 g/mol. The van der Waals surface area contributed by atoms with Gasteiger partial charge in [0.2, 0.25) is 0 Å². The second-order valence-electron chi connectivity index (χ2n) is 7.25. The zero-order valence-corrected chi connectivity index (χ0v) is 18.0. The molecule has 0 saturated heterocycles. The molecule has 32 heavy (non-hydrogen) atoms. The van der Waals surface area contributed by atoms with Crippen LogP contribution in [0.3, 0.4) is 0 Å². The Kier molecular flexibility index (Phi) is 5.48. The van der Waals surface area contributed by atoms with Gasteiger partial charge in [0.05, 0.1) is 15.8 Å². The Bertz CT molecular complexity index is 1340.